The van der Waals surface area contributed by atoms with E-state index < -0.39 is 11.9 Å². The molecule has 0 aromatic carbocycles. The van der Waals surface area contributed by atoms with Crippen molar-refractivity contribution >= 4 is 11.9 Å². The summed E-state index contributed by atoms with van der Waals surface area (Å²) in [5, 5.41) is 11.5. The van der Waals surface area contributed by atoms with Gasteiger partial charge in [0.15, 0.2) is 0 Å². The summed E-state index contributed by atoms with van der Waals surface area (Å²) >= 11 is 0. The summed E-state index contributed by atoms with van der Waals surface area (Å²) in [5.41, 5.74) is 0. The molecule has 4 heteroatoms. The van der Waals surface area contributed by atoms with Gasteiger partial charge < -0.3 is 10.4 Å². The maximum Gasteiger partial charge on any atom is 0.315 e. The van der Waals surface area contributed by atoms with E-state index in [1.54, 1.807) is 0 Å². The van der Waals surface area contributed by atoms with Crippen LogP contribution in [-0.2, 0) is 9.59 Å². The van der Waals surface area contributed by atoms with Crippen LogP contribution in [0, 0.1) is 17.8 Å². The van der Waals surface area contributed by atoms with Gasteiger partial charge in [-0.15, -0.1) is 0 Å². The molecule has 0 radical (unpaired) electrons. The molecule has 0 aromatic rings. The monoisotopic (exact) mass is 211 g/mol. The highest BCUT2D eigenvalue weighted by Crippen LogP contribution is 2.47. The normalized spacial score (nSPS) is 31.5. The first-order valence-electron chi connectivity index (χ1n) is 5.62. The Labute approximate surface area is 89.0 Å². The Morgan fingerprint density at radius 2 is 2.07 bits per heavy atom. The van der Waals surface area contributed by atoms with Crippen LogP contribution in [0.5, 0.6) is 0 Å². The molecular formula is C11H17NO3. The molecule has 0 saturated heterocycles. The maximum absolute atomic E-state index is 11.4. The van der Waals surface area contributed by atoms with E-state index in [-0.39, 0.29) is 11.9 Å². The summed E-state index contributed by atoms with van der Waals surface area (Å²) in [6, 6.07) is 0.254. The number of amides is 1. The summed E-state index contributed by atoms with van der Waals surface area (Å²) in [5.74, 6) is -0.894. The van der Waals surface area contributed by atoms with Crippen LogP contribution in [0.4, 0.5) is 0 Å². The molecule has 0 heterocycles. The number of rotatable bonds is 4. The van der Waals surface area contributed by atoms with Crippen molar-refractivity contribution in [3.63, 3.8) is 0 Å². The average molecular weight is 211 g/mol. The minimum atomic E-state index is -1.05. The van der Waals surface area contributed by atoms with Gasteiger partial charge in [0.1, 0.15) is 5.92 Å². The van der Waals surface area contributed by atoms with Crippen LogP contribution in [0.15, 0.2) is 0 Å². The fourth-order valence-corrected chi connectivity index (χ4v) is 2.19. The lowest BCUT2D eigenvalue weighted by molar-refractivity contribution is -0.146. The molecule has 0 bridgehead atoms. The third-order valence-corrected chi connectivity index (χ3v) is 3.69. The summed E-state index contributed by atoms with van der Waals surface area (Å²) in [6.07, 6.45) is 4.92. The minimum Gasteiger partial charge on any atom is -0.481 e. The number of hydrogen-bond acceptors (Lipinski definition) is 2. The quantitative estimate of drug-likeness (QED) is 0.682. The van der Waals surface area contributed by atoms with Crippen molar-refractivity contribution in [3.05, 3.63) is 0 Å². The number of carboxylic acids is 1. The van der Waals surface area contributed by atoms with Crippen molar-refractivity contribution < 1.29 is 14.7 Å². The van der Waals surface area contributed by atoms with Gasteiger partial charge >= 0.3 is 5.97 Å². The SMILES string of the molecule is CC(C(=O)O)C(=O)N[C@@H]1C[C@H]1C1CCC1. The predicted molar refractivity (Wildman–Crippen MR) is 54.2 cm³/mol. The first-order chi connectivity index (χ1) is 7.09. The molecule has 4 nitrogen and oxygen atoms in total. The summed E-state index contributed by atoms with van der Waals surface area (Å²) in [7, 11) is 0. The number of carbonyl (C=O) groups is 2. The second kappa shape index (κ2) is 3.83. The number of hydrogen-bond donors (Lipinski definition) is 2. The Hall–Kier alpha value is -1.06. The lowest BCUT2D eigenvalue weighted by atomic mass is 9.81. The summed E-state index contributed by atoms with van der Waals surface area (Å²) in [6.45, 7) is 1.43. The molecule has 2 fully saturated rings. The molecule has 0 spiro atoms. The maximum atomic E-state index is 11.4. The zero-order chi connectivity index (χ0) is 11.0. The van der Waals surface area contributed by atoms with Crippen LogP contribution in [0.2, 0.25) is 0 Å². The molecule has 2 saturated carbocycles. The Morgan fingerprint density at radius 3 is 2.53 bits per heavy atom. The van der Waals surface area contributed by atoms with Crippen molar-refractivity contribution in [1.29, 1.82) is 0 Å². The second-order valence-corrected chi connectivity index (χ2v) is 4.77. The van der Waals surface area contributed by atoms with Gasteiger partial charge in [0.25, 0.3) is 0 Å². The van der Waals surface area contributed by atoms with Crippen molar-refractivity contribution in [2.75, 3.05) is 0 Å². The third kappa shape index (κ3) is 2.13. The Bertz CT molecular complexity index is 286. The van der Waals surface area contributed by atoms with Gasteiger partial charge in [-0.3, -0.25) is 9.59 Å². The minimum absolute atomic E-state index is 0.254. The van der Waals surface area contributed by atoms with E-state index in [2.05, 4.69) is 5.32 Å². The van der Waals surface area contributed by atoms with Gasteiger partial charge in [0, 0.05) is 6.04 Å². The molecule has 1 amide bonds. The van der Waals surface area contributed by atoms with Gasteiger partial charge in [-0.1, -0.05) is 19.3 Å². The molecule has 0 aromatic heterocycles. The fourth-order valence-electron chi connectivity index (χ4n) is 2.19. The molecule has 2 aliphatic carbocycles. The predicted octanol–water partition coefficient (Wildman–Crippen LogP) is 1.01. The molecular weight excluding hydrogens is 194 g/mol. The number of nitrogens with one attached hydrogen (secondary N) is 1. The van der Waals surface area contributed by atoms with Crippen molar-refractivity contribution in [3.8, 4) is 0 Å². The number of carboxylic acid groups (broad SMARTS) is 1. The second-order valence-electron chi connectivity index (χ2n) is 4.77. The first-order valence-corrected chi connectivity index (χ1v) is 5.62. The van der Waals surface area contributed by atoms with Crippen LogP contribution in [0.3, 0.4) is 0 Å². The molecule has 15 heavy (non-hydrogen) atoms. The van der Waals surface area contributed by atoms with Gasteiger partial charge in [0.2, 0.25) is 5.91 Å². The molecule has 84 valence electrons. The van der Waals surface area contributed by atoms with E-state index in [1.165, 1.54) is 26.2 Å². The van der Waals surface area contributed by atoms with E-state index in [0.717, 1.165) is 12.3 Å². The van der Waals surface area contributed by atoms with E-state index in [1.807, 2.05) is 0 Å². The molecule has 3 atom stereocenters. The highest BCUT2D eigenvalue weighted by molar-refractivity contribution is 5.96. The summed E-state index contributed by atoms with van der Waals surface area (Å²) < 4.78 is 0. The topological polar surface area (TPSA) is 66.4 Å². The number of aliphatic carboxylic acids is 1. The van der Waals surface area contributed by atoms with Gasteiger partial charge in [0.05, 0.1) is 0 Å². The Kier molecular flexibility index (Phi) is 2.67. The zero-order valence-electron chi connectivity index (χ0n) is 8.90. The molecule has 2 rings (SSSR count). The first kappa shape index (κ1) is 10.5. The largest absolute Gasteiger partial charge is 0.481 e. The van der Waals surface area contributed by atoms with E-state index in [0.29, 0.717) is 5.92 Å². The lowest BCUT2D eigenvalue weighted by Gasteiger charge is -2.25. The Balaban J connectivity index is 1.74. The summed E-state index contributed by atoms with van der Waals surface area (Å²) in [4.78, 5) is 22.0. The standard InChI is InChI=1S/C11H17NO3/c1-6(11(14)15)10(13)12-9-5-8(9)7-3-2-4-7/h6-9H,2-5H2,1H3,(H,12,13)(H,14,15)/t6?,8-,9+/m0/s1. The Morgan fingerprint density at radius 1 is 1.40 bits per heavy atom. The highest BCUT2D eigenvalue weighted by atomic mass is 16.4. The zero-order valence-corrected chi connectivity index (χ0v) is 8.90. The van der Waals surface area contributed by atoms with E-state index in [9.17, 15) is 9.59 Å². The third-order valence-electron chi connectivity index (χ3n) is 3.69. The molecule has 0 aliphatic heterocycles. The number of carbonyl (C=O) groups excluding carboxylic acids is 1. The van der Waals surface area contributed by atoms with Gasteiger partial charge in [-0.25, -0.2) is 0 Å². The van der Waals surface area contributed by atoms with E-state index in [4.69, 9.17) is 5.11 Å². The average Bonchev–Trinajstić information content (AvgIpc) is 2.79. The van der Waals surface area contributed by atoms with E-state index >= 15 is 0 Å². The molecule has 2 N–H and O–H groups in total. The van der Waals surface area contributed by atoms with Crippen molar-refractivity contribution in [2.45, 2.75) is 38.6 Å². The molecule has 1 unspecified atom stereocenters. The smallest absolute Gasteiger partial charge is 0.315 e. The lowest BCUT2D eigenvalue weighted by Crippen LogP contribution is -2.36. The van der Waals surface area contributed by atoms with Crippen LogP contribution in [-0.4, -0.2) is 23.0 Å². The van der Waals surface area contributed by atoms with Crippen LogP contribution >= 0.6 is 0 Å². The molecule has 2 aliphatic rings. The van der Waals surface area contributed by atoms with Gasteiger partial charge in [-0.2, -0.15) is 0 Å². The van der Waals surface area contributed by atoms with Crippen LogP contribution in [0.1, 0.15) is 32.6 Å². The van der Waals surface area contributed by atoms with Crippen molar-refractivity contribution in [2.24, 2.45) is 17.8 Å². The van der Waals surface area contributed by atoms with Gasteiger partial charge in [-0.05, 0) is 25.2 Å². The highest BCUT2D eigenvalue weighted by Gasteiger charge is 2.46. The fraction of sp³-hybridized carbons (Fsp3) is 0.818. The van der Waals surface area contributed by atoms with Crippen LogP contribution < -0.4 is 5.32 Å². The van der Waals surface area contributed by atoms with Crippen LogP contribution in [0.25, 0.3) is 0 Å². The van der Waals surface area contributed by atoms with Crippen molar-refractivity contribution in [1.82, 2.24) is 5.32 Å².